The Morgan fingerprint density at radius 1 is 1.29 bits per heavy atom. The SMILES string of the molecule is CCC(C)c1ccc(NC(N)=NCC2CCN(C3CC3)C2)cc1.I. The highest BCUT2D eigenvalue weighted by molar-refractivity contribution is 14.0. The number of anilines is 1. The summed E-state index contributed by atoms with van der Waals surface area (Å²) in [5, 5.41) is 3.21. The van der Waals surface area contributed by atoms with Gasteiger partial charge in [-0.1, -0.05) is 26.0 Å². The Balaban J connectivity index is 0.00000208. The van der Waals surface area contributed by atoms with Crippen molar-refractivity contribution in [2.24, 2.45) is 16.6 Å². The van der Waals surface area contributed by atoms with Crippen molar-refractivity contribution >= 4 is 35.6 Å². The van der Waals surface area contributed by atoms with E-state index in [1.807, 2.05) is 0 Å². The molecule has 24 heavy (non-hydrogen) atoms. The van der Waals surface area contributed by atoms with Crippen LogP contribution in [0.25, 0.3) is 0 Å². The van der Waals surface area contributed by atoms with Gasteiger partial charge in [0.15, 0.2) is 5.96 Å². The van der Waals surface area contributed by atoms with E-state index in [-0.39, 0.29) is 24.0 Å². The van der Waals surface area contributed by atoms with Crippen LogP contribution < -0.4 is 11.1 Å². The fourth-order valence-corrected chi connectivity index (χ4v) is 3.33. The van der Waals surface area contributed by atoms with Crippen LogP contribution in [0.5, 0.6) is 0 Å². The van der Waals surface area contributed by atoms with Crippen molar-refractivity contribution in [1.82, 2.24) is 4.90 Å². The van der Waals surface area contributed by atoms with Crippen molar-refractivity contribution in [2.75, 3.05) is 25.0 Å². The third-order valence-electron chi connectivity index (χ3n) is 5.26. The van der Waals surface area contributed by atoms with E-state index < -0.39 is 0 Å². The molecule has 2 unspecified atom stereocenters. The molecule has 2 atom stereocenters. The van der Waals surface area contributed by atoms with Gasteiger partial charge in [-0.15, -0.1) is 24.0 Å². The first-order valence-corrected chi connectivity index (χ1v) is 9.06. The number of nitrogens with one attached hydrogen (secondary N) is 1. The average molecular weight is 442 g/mol. The summed E-state index contributed by atoms with van der Waals surface area (Å²) < 4.78 is 0. The lowest BCUT2D eigenvalue weighted by molar-refractivity contribution is 0.315. The monoisotopic (exact) mass is 442 g/mol. The van der Waals surface area contributed by atoms with Crippen molar-refractivity contribution in [3.8, 4) is 0 Å². The summed E-state index contributed by atoms with van der Waals surface area (Å²) in [7, 11) is 0. The first-order chi connectivity index (χ1) is 11.2. The van der Waals surface area contributed by atoms with Crippen LogP contribution in [0.3, 0.4) is 0 Å². The van der Waals surface area contributed by atoms with E-state index in [2.05, 4.69) is 53.3 Å². The van der Waals surface area contributed by atoms with Crippen molar-refractivity contribution in [3.05, 3.63) is 29.8 Å². The van der Waals surface area contributed by atoms with Crippen molar-refractivity contribution in [2.45, 2.75) is 51.5 Å². The van der Waals surface area contributed by atoms with E-state index in [4.69, 9.17) is 5.73 Å². The van der Waals surface area contributed by atoms with Gasteiger partial charge in [0.05, 0.1) is 0 Å². The topological polar surface area (TPSA) is 53.6 Å². The van der Waals surface area contributed by atoms with Crippen LogP contribution in [0.1, 0.15) is 51.0 Å². The zero-order valence-corrected chi connectivity index (χ0v) is 17.2. The van der Waals surface area contributed by atoms with Crippen LogP contribution in [-0.4, -0.2) is 36.5 Å². The van der Waals surface area contributed by atoms with Gasteiger partial charge >= 0.3 is 0 Å². The van der Waals surface area contributed by atoms with Gasteiger partial charge in [0.2, 0.25) is 0 Å². The Bertz CT molecular complexity index is 539. The molecule has 1 saturated carbocycles. The normalized spacial score (nSPS) is 22.9. The molecule has 4 nitrogen and oxygen atoms in total. The molecule has 3 N–H and O–H groups in total. The molecule has 1 saturated heterocycles. The maximum absolute atomic E-state index is 6.04. The minimum absolute atomic E-state index is 0. The summed E-state index contributed by atoms with van der Waals surface area (Å²) >= 11 is 0. The van der Waals surface area contributed by atoms with Gasteiger partial charge in [-0.2, -0.15) is 0 Å². The Morgan fingerprint density at radius 3 is 2.62 bits per heavy atom. The molecule has 0 spiro atoms. The number of nitrogens with two attached hydrogens (primary N) is 1. The second-order valence-corrected chi connectivity index (χ2v) is 7.16. The number of likely N-dealkylation sites (tertiary alicyclic amines) is 1. The highest BCUT2D eigenvalue weighted by atomic mass is 127. The lowest BCUT2D eigenvalue weighted by atomic mass is 9.99. The predicted octanol–water partition coefficient (Wildman–Crippen LogP) is 4.03. The molecule has 0 aromatic heterocycles. The molecule has 0 amide bonds. The van der Waals surface area contributed by atoms with Crippen LogP contribution >= 0.6 is 24.0 Å². The molecule has 134 valence electrons. The molecule has 2 aliphatic rings. The van der Waals surface area contributed by atoms with E-state index in [0.29, 0.717) is 17.8 Å². The summed E-state index contributed by atoms with van der Waals surface area (Å²) in [6, 6.07) is 9.41. The Hall–Kier alpha value is -0.820. The summed E-state index contributed by atoms with van der Waals surface area (Å²) in [5.41, 5.74) is 8.43. The lowest BCUT2D eigenvalue weighted by Crippen LogP contribution is -2.25. The van der Waals surface area contributed by atoms with Crippen LogP contribution in [0.2, 0.25) is 0 Å². The van der Waals surface area contributed by atoms with Gasteiger partial charge in [0.25, 0.3) is 0 Å². The number of rotatable bonds is 6. The minimum Gasteiger partial charge on any atom is -0.370 e. The number of hydrogen-bond donors (Lipinski definition) is 2. The number of guanidine groups is 1. The second kappa shape index (κ2) is 9.04. The van der Waals surface area contributed by atoms with E-state index >= 15 is 0 Å². The number of aliphatic imine (C=N–C) groups is 1. The molecule has 1 aliphatic heterocycles. The summed E-state index contributed by atoms with van der Waals surface area (Å²) in [5.74, 6) is 1.81. The Kier molecular flexibility index (Phi) is 7.34. The van der Waals surface area contributed by atoms with Crippen LogP contribution in [0.4, 0.5) is 5.69 Å². The van der Waals surface area contributed by atoms with E-state index in [1.54, 1.807) is 0 Å². The number of nitrogens with zero attached hydrogens (tertiary/aromatic N) is 2. The Labute approximate surface area is 163 Å². The van der Waals surface area contributed by atoms with Crippen molar-refractivity contribution < 1.29 is 0 Å². The van der Waals surface area contributed by atoms with E-state index in [1.165, 1.54) is 37.9 Å². The number of halogens is 1. The fraction of sp³-hybridized carbons (Fsp3) is 0.632. The first kappa shape index (κ1) is 19.5. The molecule has 1 aliphatic carbocycles. The smallest absolute Gasteiger partial charge is 0.193 e. The third kappa shape index (κ3) is 5.34. The summed E-state index contributed by atoms with van der Waals surface area (Å²) in [6.07, 6.45) is 5.21. The fourth-order valence-electron chi connectivity index (χ4n) is 3.33. The quantitative estimate of drug-likeness (QED) is 0.398. The van der Waals surface area contributed by atoms with Gasteiger partial charge in [-0.05, 0) is 61.8 Å². The van der Waals surface area contributed by atoms with Gasteiger partial charge in [0.1, 0.15) is 0 Å². The zero-order chi connectivity index (χ0) is 16.2. The number of hydrogen-bond acceptors (Lipinski definition) is 2. The minimum atomic E-state index is 0. The summed E-state index contributed by atoms with van der Waals surface area (Å²) in [4.78, 5) is 7.17. The second-order valence-electron chi connectivity index (χ2n) is 7.16. The standard InChI is InChI=1S/C19H30N4.HI/c1-3-14(2)16-4-6-17(7-5-16)22-19(20)21-12-15-10-11-23(13-15)18-8-9-18;/h4-7,14-15,18H,3,8-13H2,1-2H3,(H3,20,21,22);1H. The van der Waals surface area contributed by atoms with E-state index in [0.717, 1.165) is 24.7 Å². The molecule has 0 bridgehead atoms. The molecule has 1 aromatic rings. The molecular weight excluding hydrogens is 411 g/mol. The van der Waals surface area contributed by atoms with Crippen LogP contribution in [0.15, 0.2) is 29.3 Å². The first-order valence-electron chi connectivity index (χ1n) is 9.06. The molecule has 3 rings (SSSR count). The van der Waals surface area contributed by atoms with Gasteiger partial charge in [-0.3, -0.25) is 4.99 Å². The highest BCUT2D eigenvalue weighted by Crippen LogP contribution is 2.31. The van der Waals surface area contributed by atoms with Crippen molar-refractivity contribution in [3.63, 3.8) is 0 Å². The maximum atomic E-state index is 6.04. The van der Waals surface area contributed by atoms with Crippen molar-refractivity contribution in [1.29, 1.82) is 0 Å². The average Bonchev–Trinajstić information content (AvgIpc) is 3.31. The van der Waals surface area contributed by atoms with Gasteiger partial charge in [-0.25, -0.2) is 0 Å². The molecule has 2 fully saturated rings. The van der Waals surface area contributed by atoms with E-state index in [9.17, 15) is 0 Å². The molecule has 5 heteroatoms. The molecular formula is C19H31IN4. The third-order valence-corrected chi connectivity index (χ3v) is 5.26. The van der Waals surface area contributed by atoms with Crippen LogP contribution in [0, 0.1) is 5.92 Å². The molecule has 0 radical (unpaired) electrons. The predicted molar refractivity (Wildman–Crippen MR) is 113 cm³/mol. The summed E-state index contributed by atoms with van der Waals surface area (Å²) in [6.45, 7) is 7.76. The lowest BCUT2D eigenvalue weighted by Gasteiger charge is -2.14. The van der Waals surface area contributed by atoms with Gasteiger partial charge < -0.3 is 16.0 Å². The zero-order valence-electron chi connectivity index (χ0n) is 14.9. The largest absolute Gasteiger partial charge is 0.370 e. The Morgan fingerprint density at radius 2 is 2.00 bits per heavy atom. The van der Waals surface area contributed by atoms with Gasteiger partial charge in [0, 0.05) is 24.8 Å². The highest BCUT2D eigenvalue weighted by Gasteiger charge is 2.34. The maximum Gasteiger partial charge on any atom is 0.193 e. The molecule has 1 aromatic carbocycles. The number of benzene rings is 1. The van der Waals surface area contributed by atoms with Crippen LogP contribution in [-0.2, 0) is 0 Å². The molecule has 1 heterocycles.